The molecule has 1 aromatic heterocycles. The molecule has 1 N–H and O–H groups in total. The third-order valence-corrected chi connectivity index (χ3v) is 4.55. The number of urea groups is 1. The van der Waals surface area contributed by atoms with Crippen molar-refractivity contribution < 1.29 is 23.5 Å². The minimum atomic E-state index is -0.793. The van der Waals surface area contributed by atoms with Gasteiger partial charge >= 0.3 is 6.03 Å². The summed E-state index contributed by atoms with van der Waals surface area (Å²) >= 11 is 6.25. The van der Waals surface area contributed by atoms with Crippen molar-refractivity contribution in [1.29, 1.82) is 0 Å². The highest BCUT2D eigenvalue weighted by Crippen LogP contribution is 2.28. The lowest BCUT2D eigenvalue weighted by molar-refractivity contribution is -0.130. The van der Waals surface area contributed by atoms with Gasteiger partial charge in [-0.05, 0) is 49.2 Å². The van der Waals surface area contributed by atoms with Crippen LogP contribution in [0.3, 0.4) is 0 Å². The second-order valence-corrected chi connectivity index (χ2v) is 6.72. The smallest absolute Gasteiger partial charge is 0.331 e. The second kappa shape index (κ2) is 8.31. The normalized spacial score (nSPS) is 17.0. The third kappa shape index (κ3) is 4.26. The number of furan rings is 1. The Labute approximate surface area is 166 Å². The van der Waals surface area contributed by atoms with Gasteiger partial charge in [0, 0.05) is 0 Å². The van der Waals surface area contributed by atoms with E-state index in [4.69, 9.17) is 20.8 Å². The van der Waals surface area contributed by atoms with Gasteiger partial charge in [0.05, 0.1) is 23.9 Å². The Morgan fingerprint density at radius 3 is 2.71 bits per heavy atom. The fraction of sp³-hybridized carbons (Fsp3) is 0.250. The van der Waals surface area contributed by atoms with Crippen molar-refractivity contribution >= 4 is 35.5 Å². The van der Waals surface area contributed by atoms with Gasteiger partial charge in [-0.25, -0.2) is 4.79 Å². The highest BCUT2D eigenvalue weighted by Gasteiger charge is 2.36. The van der Waals surface area contributed by atoms with E-state index in [1.165, 1.54) is 12.3 Å². The minimum absolute atomic E-state index is 0.00794. The number of rotatable bonds is 6. The number of benzene rings is 1. The summed E-state index contributed by atoms with van der Waals surface area (Å²) in [6.45, 7) is 3.85. The number of nitrogens with zero attached hydrogens (tertiary/aromatic N) is 1. The molecule has 1 aliphatic heterocycles. The molecule has 2 heterocycles. The number of carbonyl (C=O) groups is 3. The molecular formula is C20H19ClN2O5. The van der Waals surface area contributed by atoms with E-state index in [1.54, 1.807) is 30.3 Å². The first kappa shape index (κ1) is 19.7. The summed E-state index contributed by atoms with van der Waals surface area (Å²) in [6, 6.07) is 7.45. The number of halogens is 1. The number of nitrogens with one attached hydrogen (secondary N) is 1. The topological polar surface area (TPSA) is 88.8 Å². The molecule has 2 aromatic rings. The second-order valence-electron chi connectivity index (χ2n) is 6.31. The number of imide groups is 2. The molecule has 146 valence electrons. The first-order valence-electron chi connectivity index (χ1n) is 8.76. The van der Waals surface area contributed by atoms with Crippen LogP contribution in [0.2, 0.25) is 5.02 Å². The molecule has 0 bridgehead atoms. The Hall–Kier alpha value is -3.06. The molecule has 1 atom stereocenters. The molecule has 1 aliphatic rings. The van der Waals surface area contributed by atoms with E-state index >= 15 is 0 Å². The van der Waals surface area contributed by atoms with Crippen molar-refractivity contribution in [3.8, 4) is 5.75 Å². The van der Waals surface area contributed by atoms with E-state index in [-0.39, 0.29) is 18.2 Å². The Balaban J connectivity index is 1.85. The van der Waals surface area contributed by atoms with Crippen LogP contribution >= 0.6 is 11.6 Å². The standard InChI is InChI=1S/C20H19ClN2O5/c1-3-12(2)28-17-7-6-13(10-16(17)21)9-15-18(24)22-20(26)23(19(15)25)11-14-5-4-8-27-14/h4-10,12H,3,11H2,1-2H3,(H,22,24,26)/b15-9+/t12-/m1/s1. The summed E-state index contributed by atoms with van der Waals surface area (Å²) in [4.78, 5) is 37.8. The van der Waals surface area contributed by atoms with Gasteiger partial charge in [-0.3, -0.25) is 19.8 Å². The lowest BCUT2D eigenvalue weighted by atomic mass is 10.1. The monoisotopic (exact) mass is 402 g/mol. The summed E-state index contributed by atoms with van der Waals surface area (Å²) in [7, 11) is 0. The maximum Gasteiger partial charge on any atom is 0.331 e. The van der Waals surface area contributed by atoms with Crippen LogP contribution in [0.25, 0.3) is 6.08 Å². The highest BCUT2D eigenvalue weighted by atomic mass is 35.5. The molecule has 0 spiro atoms. The van der Waals surface area contributed by atoms with Crippen molar-refractivity contribution in [3.05, 3.63) is 58.5 Å². The number of hydrogen-bond acceptors (Lipinski definition) is 5. The molecule has 0 saturated carbocycles. The number of carbonyl (C=O) groups excluding carboxylic acids is 3. The third-order valence-electron chi connectivity index (χ3n) is 4.25. The molecule has 0 aliphatic carbocycles. The first-order chi connectivity index (χ1) is 13.4. The molecule has 8 heteroatoms. The lowest BCUT2D eigenvalue weighted by Crippen LogP contribution is -2.53. The first-order valence-corrected chi connectivity index (χ1v) is 9.14. The van der Waals surface area contributed by atoms with Crippen molar-refractivity contribution in [2.24, 2.45) is 0 Å². The average Bonchev–Trinajstić information content (AvgIpc) is 3.17. The molecule has 0 radical (unpaired) electrons. The summed E-state index contributed by atoms with van der Waals surface area (Å²) in [6.07, 6.45) is 3.66. The zero-order valence-electron chi connectivity index (χ0n) is 15.4. The lowest BCUT2D eigenvalue weighted by Gasteiger charge is -2.25. The van der Waals surface area contributed by atoms with Gasteiger partial charge in [-0.2, -0.15) is 0 Å². The van der Waals surface area contributed by atoms with Gasteiger partial charge in [0.1, 0.15) is 17.1 Å². The van der Waals surface area contributed by atoms with Crippen LogP contribution in [0, 0.1) is 0 Å². The molecule has 1 fully saturated rings. The van der Waals surface area contributed by atoms with E-state index < -0.39 is 17.8 Å². The van der Waals surface area contributed by atoms with Crippen LogP contribution in [0.15, 0.2) is 46.6 Å². The van der Waals surface area contributed by atoms with Crippen molar-refractivity contribution in [2.75, 3.05) is 0 Å². The Morgan fingerprint density at radius 2 is 2.07 bits per heavy atom. The SMILES string of the molecule is CC[C@@H](C)Oc1ccc(/C=C2\C(=O)NC(=O)N(Cc3ccco3)C2=O)cc1Cl. The van der Waals surface area contributed by atoms with Gasteiger partial charge in [0.15, 0.2) is 0 Å². The molecule has 28 heavy (non-hydrogen) atoms. The predicted molar refractivity (Wildman–Crippen MR) is 103 cm³/mol. The van der Waals surface area contributed by atoms with Crippen molar-refractivity contribution in [1.82, 2.24) is 10.2 Å². The zero-order valence-corrected chi connectivity index (χ0v) is 16.2. The highest BCUT2D eigenvalue weighted by molar-refractivity contribution is 6.33. The van der Waals surface area contributed by atoms with Crippen LogP contribution < -0.4 is 10.1 Å². The van der Waals surface area contributed by atoms with Crippen LogP contribution in [-0.4, -0.2) is 28.8 Å². The quantitative estimate of drug-likeness (QED) is 0.586. The van der Waals surface area contributed by atoms with E-state index in [0.29, 0.717) is 22.1 Å². The van der Waals surface area contributed by atoms with E-state index in [1.807, 2.05) is 13.8 Å². The minimum Gasteiger partial charge on any atom is -0.489 e. The summed E-state index contributed by atoms with van der Waals surface area (Å²) in [5.41, 5.74) is 0.366. The molecule has 1 saturated heterocycles. The predicted octanol–water partition coefficient (Wildman–Crippen LogP) is 3.77. The fourth-order valence-corrected chi connectivity index (χ4v) is 2.80. The molecular weight excluding hydrogens is 384 g/mol. The molecule has 7 nitrogen and oxygen atoms in total. The number of amides is 4. The maximum absolute atomic E-state index is 12.7. The van der Waals surface area contributed by atoms with E-state index in [2.05, 4.69) is 5.32 Å². The van der Waals surface area contributed by atoms with Gasteiger partial charge in [-0.15, -0.1) is 0 Å². The fourth-order valence-electron chi connectivity index (χ4n) is 2.57. The summed E-state index contributed by atoms with van der Waals surface area (Å²) in [5, 5.41) is 2.52. The van der Waals surface area contributed by atoms with E-state index in [9.17, 15) is 14.4 Å². The van der Waals surface area contributed by atoms with Crippen LogP contribution in [0.4, 0.5) is 4.79 Å². The molecule has 4 amide bonds. The molecule has 1 aromatic carbocycles. The average molecular weight is 403 g/mol. The maximum atomic E-state index is 12.7. The van der Waals surface area contributed by atoms with Crippen molar-refractivity contribution in [2.45, 2.75) is 32.9 Å². The largest absolute Gasteiger partial charge is 0.489 e. The van der Waals surface area contributed by atoms with Crippen molar-refractivity contribution in [3.63, 3.8) is 0 Å². The Kier molecular flexibility index (Phi) is 5.84. The Morgan fingerprint density at radius 1 is 1.29 bits per heavy atom. The Bertz CT molecular complexity index is 936. The number of hydrogen-bond donors (Lipinski definition) is 1. The van der Waals surface area contributed by atoms with Crippen LogP contribution in [0.5, 0.6) is 5.75 Å². The van der Waals surface area contributed by atoms with Gasteiger partial charge in [0.25, 0.3) is 11.8 Å². The number of ether oxygens (including phenoxy) is 1. The summed E-state index contributed by atoms with van der Waals surface area (Å²) < 4.78 is 10.9. The van der Waals surface area contributed by atoms with Crippen LogP contribution in [-0.2, 0) is 16.1 Å². The van der Waals surface area contributed by atoms with Crippen LogP contribution in [0.1, 0.15) is 31.6 Å². The number of barbiturate groups is 1. The zero-order chi connectivity index (χ0) is 20.3. The molecule has 3 rings (SSSR count). The van der Waals surface area contributed by atoms with Gasteiger partial charge in [-0.1, -0.05) is 24.6 Å². The van der Waals surface area contributed by atoms with Gasteiger partial charge < -0.3 is 9.15 Å². The molecule has 0 unspecified atom stereocenters. The van der Waals surface area contributed by atoms with Gasteiger partial charge in [0.2, 0.25) is 0 Å². The van der Waals surface area contributed by atoms with E-state index in [0.717, 1.165) is 11.3 Å². The summed E-state index contributed by atoms with van der Waals surface area (Å²) in [5.74, 6) is -0.526.